The molecule has 8 heteroatoms. The van der Waals surface area contributed by atoms with Crippen molar-refractivity contribution in [1.29, 1.82) is 0 Å². The fraction of sp³-hybridized carbons (Fsp3) is 0.792. The zero-order valence-corrected chi connectivity index (χ0v) is 20.2. The summed E-state index contributed by atoms with van der Waals surface area (Å²) in [5.41, 5.74) is -2.45. The molecule has 2 bridgehead atoms. The first-order chi connectivity index (χ1) is 15.0. The molecule has 2 unspecified atom stereocenters. The number of ether oxygens (including phenoxy) is 2. The summed E-state index contributed by atoms with van der Waals surface area (Å²) in [6.07, 6.45) is 3.30. The normalized spacial score (nSPS) is 34.4. The van der Waals surface area contributed by atoms with E-state index in [1.807, 2.05) is 27.7 Å². The molecule has 0 aromatic rings. The zero-order chi connectivity index (χ0) is 24.1. The number of hydrogen-bond acceptors (Lipinski definition) is 6. The number of carbonyl (C=O) groups excluding carboxylic acids is 3. The lowest BCUT2D eigenvalue weighted by molar-refractivity contribution is -0.164. The smallest absolute Gasteiger partial charge is 0.312 e. The summed E-state index contributed by atoms with van der Waals surface area (Å²) in [4.78, 5) is 44.1. The molecule has 2 amide bonds. The van der Waals surface area contributed by atoms with Gasteiger partial charge in [-0.2, -0.15) is 0 Å². The highest BCUT2D eigenvalue weighted by molar-refractivity contribution is 5.99. The Morgan fingerprint density at radius 2 is 2.03 bits per heavy atom. The molecule has 180 valence electrons. The van der Waals surface area contributed by atoms with E-state index >= 15 is 0 Å². The van der Waals surface area contributed by atoms with E-state index in [0.29, 0.717) is 25.8 Å². The number of esters is 1. The van der Waals surface area contributed by atoms with Crippen molar-refractivity contribution >= 4 is 17.8 Å². The molecule has 0 saturated carbocycles. The van der Waals surface area contributed by atoms with Gasteiger partial charge in [-0.15, -0.1) is 6.58 Å². The maximum atomic E-state index is 14.1. The monoisotopic (exact) mass is 450 g/mol. The first-order valence-corrected chi connectivity index (χ1v) is 11.7. The Bertz CT molecular complexity index is 792. The molecule has 3 fully saturated rings. The highest BCUT2D eigenvalue weighted by Crippen LogP contribution is 2.64. The summed E-state index contributed by atoms with van der Waals surface area (Å²) in [5.74, 6) is -2.57. The summed E-state index contributed by atoms with van der Waals surface area (Å²) in [7, 11) is 0. The van der Waals surface area contributed by atoms with Gasteiger partial charge in [-0.05, 0) is 53.9 Å². The van der Waals surface area contributed by atoms with Crippen LogP contribution in [-0.4, -0.2) is 81.3 Å². The summed E-state index contributed by atoms with van der Waals surface area (Å²) >= 11 is 0. The Kier molecular flexibility index (Phi) is 6.52. The van der Waals surface area contributed by atoms with E-state index in [4.69, 9.17) is 9.47 Å². The molecule has 0 aromatic heterocycles. The number of amides is 2. The van der Waals surface area contributed by atoms with Crippen molar-refractivity contribution in [3.8, 4) is 0 Å². The maximum Gasteiger partial charge on any atom is 0.312 e. The van der Waals surface area contributed by atoms with Crippen LogP contribution in [0.25, 0.3) is 0 Å². The Morgan fingerprint density at radius 1 is 1.38 bits per heavy atom. The number of likely N-dealkylation sites (tertiary alicyclic amines) is 1. The highest BCUT2D eigenvalue weighted by Gasteiger charge is 2.79. The van der Waals surface area contributed by atoms with Gasteiger partial charge in [-0.3, -0.25) is 14.4 Å². The molecule has 0 aliphatic carbocycles. The van der Waals surface area contributed by atoms with Gasteiger partial charge in [0.25, 0.3) is 0 Å². The minimum Gasteiger partial charge on any atom is -0.466 e. The van der Waals surface area contributed by atoms with Crippen molar-refractivity contribution in [2.45, 2.75) is 89.6 Å². The second-order valence-electron chi connectivity index (χ2n) is 10.3. The SMILES string of the molecule is C=CCN(C(=O)C1N([C@H](C)CO)C(=O)[C@@H]2[C@@H](C(=O)OCC)[C@@]3(CC)CCC12O3)C(C)(C)C. The Morgan fingerprint density at radius 3 is 2.53 bits per heavy atom. The Hall–Kier alpha value is -1.93. The topological polar surface area (TPSA) is 96.4 Å². The summed E-state index contributed by atoms with van der Waals surface area (Å²) in [6, 6.07) is -1.51. The van der Waals surface area contributed by atoms with Crippen LogP contribution in [0.15, 0.2) is 12.7 Å². The average Bonchev–Trinajstić information content (AvgIpc) is 3.34. The highest BCUT2D eigenvalue weighted by atomic mass is 16.6. The van der Waals surface area contributed by atoms with Crippen molar-refractivity contribution in [2.75, 3.05) is 19.8 Å². The van der Waals surface area contributed by atoms with Crippen molar-refractivity contribution in [1.82, 2.24) is 9.80 Å². The number of aliphatic hydroxyl groups excluding tert-OH is 1. The molecule has 3 saturated heterocycles. The van der Waals surface area contributed by atoms with Gasteiger partial charge in [-0.1, -0.05) is 13.0 Å². The standard InChI is InChI=1S/C24H38N2O6/c1-8-13-25(22(5,6)7)20(29)18-24-12-11-23(9-2,32-24)17(21(30)31-10-3)16(24)19(28)26(18)15(4)14-27/h8,15-18,27H,1,9-14H2,2-7H3/t15-,16+,17+,18?,23-,24?/m1/s1. The molecule has 1 spiro atoms. The summed E-state index contributed by atoms with van der Waals surface area (Å²) < 4.78 is 12.0. The fourth-order valence-electron chi connectivity index (χ4n) is 6.06. The molecule has 32 heavy (non-hydrogen) atoms. The number of nitrogens with zero attached hydrogens (tertiary/aromatic N) is 2. The molecule has 1 N–H and O–H groups in total. The molecular weight excluding hydrogens is 412 g/mol. The van der Waals surface area contributed by atoms with E-state index in [1.54, 1.807) is 24.8 Å². The average molecular weight is 451 g/mol. The van der Waals surface area contributed by atoms with E-state index < -0.39 is 46.6 Å². The largest absolute Gasteiger partial charge is 0.466 e. The molecule has 6 atom stereocenters. The molecule has 3 heterocycles. The fourth-order valence-corrected chi connectivity index (χ4v) is 6.06. The number of carbonyl (C=O) groups is 3. The van der Waals surface area contributed by atoms with E-state index in [2.05, 4.69) is 6.58 Å². The first-order valence-electron chi connectivity index (χ1n) is 11.7. The van der Waals surface area contributed by atoms with Crippen molar-refractivity contribution in [2.24, 2.45) is 11.8 Å². The molecule has 3 aliphatic heterocycles. The van der Waals surface area contributed by atoms with Crippen LogP contribution in [-0.2, 0) is 23.9 Å². The van der Waals surface area contributed by atoms with Crippen molar-refractivity contribution < 1.29 is 29.0 Å². The Labute approximate surface area is 190 Å². The van der Waals surface area contributed by atoms with Crippen LogP contribution in [0.5, 0.6) is 0 Å². The molecule has 0 radical (unpaired) electrons. The third-order valence-electron chi connectivity index (χ3n) is 7.52. The van der Waals surface area contributed by atoms with Gasteiger partial charge in [0.2, 0.25) is 11.8 Å². The van der Waals surface area contributed by atoms with Crippen LogP contribution < -0.4 is 0 Å². The van der Waals surface area contributed by atoms with Gasteiger partial charge < -0.3 is 24.4 Å². The van der Waals surface area contributed by atoms with Crippen LogP contribution in [0, 0.1) is 11.8 Å². The van der Waals surface area contributed by atoms with Gasteiger partial charge in [0.1, 0.15) is 17.6 Å². The van der Waals surface area contributed by atoms with Gasteiger partial charge in [0.15, 0.2) is 0 Å². The predicted molar refractivity (Wildman–Crippen MR) is 119 cm³/mol. The van der Waals surface area contributed by atoms with Crippen LogP contribution in [0.4, 0.5) is 0 Å². The Balaban J connectivity index is 2.16. The summed E-state index contributed by atoms with van der Waals surface area (Å²) in [6.45, 7) is 15.2. The van der Waals surface area contributed by atoms with Gasteiger partial charge in [-0.25, -0.2) is 0 Å². The third kappa shape index (κ3) is 3.37. The molecule has 0 aromatic carbocycles. The van der Waals surface area contributed by atoms with Gasteiger partial charge in [0.05, 0.1) is 30.8 Å². The van der Waals surface area contributed by atoms with E-state index in [0.717, 1.165) is 0 Å². The van der Waals surface area contributed by atoms with Crippen molar-refractivity contribution in [3.63, 3.8) is 0 Å². The lowest BCUT2D eigenvalue weighted by Crippen LogP contribution is -2.61. The number of fused-ring (bicyclic) bond motifs is 1. The number of aliphatic hydroxyl groups is 1. The minimum atomic E-state index is -1.12. The lowest BCUT2D eigenvalue weighted by atomic mass is 9.65. The zero-order valence-electron chi connectivity index (χ0n) is 20.2. The first kappa shape index (κ1) is 24.7. The van der Waals surface area contributed by atoms with Crippen LogP contribution in [0.2, 0.25) is 0 Å². The molecule has 3 rings (SSSR count). The van der Waals surface area contributed by atoms with Gasteiger partial charge in [0, 0.05) is 12.1 Å². The number of rotatable bonds is 8. The van der Waals surface area contributed by atoms with E-state index in [1.165, 1.54) is 4.90 Å². The maximum absolute atomic E-state index is 14.1. The van der Waals surface area contributed by atoms with Crippen LogP contribution in [0.3, 0.4) is 0 Å². The minimum absolute atomic E-state index is 0.208. The number of hydrogen-bond donors (Lipinski definition) is 1. The van der Waals surface area contributed by atoms with Crippen LogP contribution in [0.1, 0.15) is 60.8 Å². The van der Waals surface area contributed by atoms with Gasteiger partial charge >= 0.3 is 5.97 Å². The molecule has 3 aliphatic rings. The van der Waals surface area contributed by atoms with E-state index in [9.17, 15) is 19.5 Å². The van der Waals surface area contributed by atoms with Crippen LogP contribution >= 0.6 is 0 Å². The quantitative estimate of drug-likeness (QED) is 0.448. The van der Waals surface area contributed by atoms with Crippen molar-refractivity contribution in [3.05, 3.63) is 12.7 Å². The third-order valence-corrected chi connectivity index (χ3v) is 7.52. The second kappa shape index (κ2) is 8.45. The second-order valence-corrected chi connectivity index (χ2v) is 10.3. The molecule has 8 nitrogen and oxygen atoms in total. The lowest BCUT2D eigenvalue weighted by Gasteiger charge is -2.43. The summed E-state index contributed by atoms with van der Waals surface area (Å²) in [5, 5.41) is 9.93. The molecular formula is C24H38N2O6. The predicted octanol–water partition coefficient (Wildman–Crippen LogP) is 1.90. The van der Waals surface area contributed by atoms with E-state index in [-0.39, 0.29) is 25.0 Å².